The highest BCUT2D eigenvalue weighted by Crippen LogP contribution is 2.38. The molecule has 0 bridgehead atoms. The maximum atomic E-state index is 10.8. The van der Waals surface area contributed by atoms with E-state index in [4.69, 9.17) is 5.73 Å². The summed E-state index contributed by atoms with van der Waals surface area (Å²) in [5.41, 5.74) is 9.13. The lowest BCUT2D eigenvalue weighted by atomic mass is 10.1. The summed E-state index contributed by atoms with van der Waals surface area (Å²) in [5.74, 6) is 0.436. The molecule has 2 heterocycles. The number of nitrogens with zero attached hydrogens (tertiary/aromatic N) is 3. The van der Waals surface area contributed by atoms with E-state index in [-0.39, 0.29) is 12.0 Å². The van der Waals surface area contributed by atoms with Gasteiger partial charge in [-0.3, -0.25) is 0 Å². The summed E-state index contributed by atoms with van der Waals surface area (Å²) in [4.78, 5) is 8.54. The topological polar surface area (TPSA) is 121 Å². The van der Waals surface area contributed by atoms with Crippen LogP contribution in [0.2, 0.25) is 0 Å². The predicted octanol–water partition coefficient (Wildman–Crippen LogP) is 1.95. The number of nitrogens with two attached hydrogens (primary N) is 1. The molecule has 32 heavy (non-hydrogen) atoms. The number of hydrogen-bond donors (Lipinski definition) is 5. The van der Waals surface area contributed by atoms with Crippen LogP contribution in [-0.2, 0) is 6.42 Å². The Balaban J connectivity index is 1.49. The highest BCUT2D eigenvalue weighted by molar-refractivity contribution is 5.89. The molecule has 176 valence electrons. The van der Waals surface area contributed by atoms with Gasteiger partial charge in [0.2, 0.25) is 0 Å². The van der Waals surface area contributed by atoms with Crippen LogP contribution in [0.25, 0.3) is 11.0 Å². The molecule has 1 aliphatic carbocycles. The van der Waals surface area contributed by atoms with Crippen molar-refractivity contribution in [3.63, 3.8) is 0 Å². The van der Waals surface area contributed by atoms with Crippen LogP contribution >= 0.6 is 0 Å². The van der Waals surface area contributed by atoms with Gasteiger partial charge < -0.3 is 31.1 Å². The molecule has 0 spiro atoms. The zero-order valence-electron chi connectivity index (χ0n) is 19.3. The van der Waals surface area contributed by atoms with Crippen molar-refractivity contribution in [2.24, 2.45) is 5.92 Å². The number of allylic oxidation sites excluding steroid dienone is 2. The van der Waals surface area contributed by atoms with Gasteiger partial charge in [0.25, 0.3) is 0 Å². The van der Waals surface area contributed by atoms with E-state index in [2.05, 4.69) is 40.2 Å². The number of hydrogen-bond acceptors (Lipinski definition) is 7. The molecule has 0 saturated heterocycles. The Labute approximate surface area is 190 Å². The zero-order valence-corrected chi connectivity index (χ0v) is 19.3. The smallest absolute Gasteiger partial charge is 0.146 e. The number of rotatable bonds is 12. The summed E-state index contributed by atoms with van der Waals surface area (Å²) in [7, 11) is 0. The van der Waals surface area contributed by atoms with Gasteiger partial charge in [-0.1, -0.05) is 31.2 Å². The SMILES string of the molecule is C=C/C(=C\C)CCNCCCNC[C@H]1C[C@@H](n2cc(CC)c3c(N)ncnc32)[C@H](O)[C@@H]1O. The van der Waals surface area contributed by atoms with Gasteiger partial charge in [0.1, 0.15) is 23.9 Å². The third-order valence-corrected chi connectivity index (χ3v) is 6.56. The second-order valence-corrected chi connectivity index (χ2v) is 8.54. The predicted molar refractivity (Wildman–Crippen MR) is 129 cm³/mol. The van der Waals surface area contributed by atoms with E-state index in [0.29, 0.717) is 18.8 Å². The van der Waals surface area contributed by atoms with Crippen LogP contribution in [0.15, 0.2) is 36.8 Å². The van der Waals surface area contributed by atoms with Crippen LogP contribution in [0.4, 0.5) is 5.82 Å². The molecule has 1 aliphatic rings. The summed E-state index contributed by atoms with van der Waals surface area (Å²) < 4.78 is 1.98. The number of aryl methyl sites for hydroxylation is 1. The molecule has 1 fully saturated rings. The van der Waals surface area contributed by atoms with Gasteiger partial charge in [0, 0.05) is 18.7 Å². The summed E-state index contributed by atoms with van der Waals surface area (Å²) in [6, 6.07) is -0.235. The van der Waals surface area contributed by atoms with Crippen LogP contribution in [0.3, 0.4) is 0 Å². The number of anilines is 1. The quantitative estimate of drug-likeness (QED) is 0.252. The summed E-state index contributed by atoms with van der Waals surface area (Å²) in [5, 5.41) is 29.2. The van der Waals surface area contributed by atoms with E-state index in [1.165, 1.54) is 11.9 Å². The molecule has 0 unspecified atom stereocenters. The van der Waals surface area contributed by atoms with Crippen molar-refractivity contribution in [3.8, 4) is 0 Å². The first-order valence-corrected chi connectivity index (χ1v) is 11.7. The Morgan fingerprint density at radius 1 is 1.25 bits per heavy atom. The van der Waals surface area contributed by atoms with Crippen LogP contribution in [-0.4, -0.2) is 63.1 Å². The number of aliphatic hydroxyl groups is 2. The lowest BCUT2D eigenvalue weighted by molar-refractivity contribution is 0.00692. The second-order valence-electron chi connectivity index (χ2n) is 8.54. The van der Waals surface area contributed by atoms with E-state index >= 15 is 0 Å². The molecule has 1 saturated carbocycles. The summed E-state index contributed by atoms with van der Waals surface area (Å²) in [6.07, 6.45) is 9.31. The molecule has 8 nitrogen and oxygen atoms in total. The third-order valence-electron chi connectivity index (χ3n) is 6.56. The average Bonchev–Trinajstić information content (AvgIpc) is 3.31. The summed E-state index contributed by atoms with van der Waals surface area (Å²) in [6.45, 7) is 11.3. The molecular formula is C24H38N6O2. The van der Waals surface area contributed by atoms with Crippen LogP contribution < -0.4 is 16.4 Å². The fourth-order valence-corrected chi connectivity index (χ4v) is 4.63. The Bertz CT molecular complexity index is 925. The van der Waals surface area contributed by atoms with Crippen molar-refractivity contribution in [1.29, 1.82) is 0 Å². The highest BCUT2D eigenvalue weighted by atomic mass is 16.3. The standard InChI is InChI=1S/C24H38N6O2/c1-4-16(5-2)8-11-26-9-7-10-27-13-18-12-19(22(32)21(18)31)30-14-17(6-3)20-23(25)28-15-29-24(20)30/h4-5,14-15,18-19,21-22,26-27,31-32H,1,6-13H2,2-3H3,(H2,25,28,29)/b16-5+/t18-,19-,21-,22+/m1/s1. The Kier molecular flexibility index (Phi) is 8.81. The van der Waals surface area contributed by atoms with E-state index in [9.17, 15) is 10.2 Å². The zero-order chi connectivity index (χ0) is 23.1. The Morgan fingerprint density at radius 2 is 2.03 bits per heavy atom. The fourth-order valence-electron chi connectivity index (χ4n) is 4.63. The van der Waals surface area contributed by atoms with Gasteiger partial charge in [-0.15, -0.1) is 0 Å². The minimum Gasteiger partial charge on any atom is -0.390 e. The molecule has 0 aliphatic heterocycles. The molecule has 4 atom stereocenters. The third kappa shape index (κ3) is 5.38. The van der Waals surface area contributed by atoms with Gasteiger partial charge >= 0.3 is 0 Å². The monoisotopic (exact) mass is 442 g/mol. The average molecular weight is 443 g/mol. The van der Waals surface area contributed by atoms with Crippen molar-refractivity contribution in [2.45, 2.75) is 57.8 Å². The van der Waals surface area contributed by atoms with Crippen molar-refractivity contribution in [3.05, 3.63) is 42.4 Å². The summed E-state index contributed by atoms with van der Waals surface area (Å²) >= 11 is 0. The lowest BCUT2D eigenvalue weighted by Gasteiger charge is -2.19. The minimum absolute atomic E-state index is 0.0190. The van der Waals surface area contributed by atoms with Crippen molar-refractivity contribution in [1.82, 2.24) is 25.2 Å². The highest BCUT2D eigenvalue weighted by Gasteiger charge is 2.42. The normalized spacial score (nSPS) is 23.8. The Hall–Kier alpha value is -2.26. The van der Waals surface area contributed by atoms with E-state index in [1.54, 1.807) is 0 Å². The number of aliphatic hydroxyl groups excluding tert-OH is 2. The maximum Gasteiger partial charge on any atom is 0.146 e. The maximum absolute atomic E-state index is 10.8. The number of nitrogen functional groups attached to an aromatic ring is 1. The van der Waals surface area contributed by atoms with E-state index in [0.717, 1.165) is 55.5 Å². The van der Waals surface area contributed by atoms with Crippen LogP contribution in [0.1, 0.15) is 44.7 Å². The number of fused-ring (bicyclic) bond motifs is 1. The first-order valence-electron chi connectivity index (χ1n) is 11.7. The molecule has 6 N–H and O–H groups in total. The molecule has 0 radical (unpaired) electrons. The Morgan fingerprint density at radius 3 is 2.75 bits per heavy atom. The molecule has 0 amide bonds. The molecule has 2 aromatic heterocycles. The van der Waals surface area contributed by atoms with Gasteiger partial charge in [-0.05, 0) is 57.8 Å². The lowest BCUT2D eigenvalue weighted by Crippen LogP contribution is -2.34. The largest absolute Gasteiger partial charge is 0.390 e. The van der Waals surface area contributed by atoms with Crippen molar-refractivity contribution in [2.75, 3.05) is 31.9 Å². The van der Waals surface area contributed by atoms with E-state index < -0.39 is 12.2 Å². The number of aromatic nitrogens is 3. The first-order chi connectivity index (χ1) is 15.5. The van der Waals surface area contributed by atoms with Gasteiger partial charge in [0.15, 0.2) is 0 Å². The molecule has 0 aromatic carbocycles. The van der Waals surface area contributed by atoms with Crippen molar-refractivity contribution >= 4 is 16.9 Å². The fraction of sp³-hybridized carbons (Fsp3) is 0.583. The van der Waals surface area contributed by atoms with Crippen molar-refractivity contribution < 1.29 is 10.2 Å². The van der Waals surface area contributed by atoms with Gasteiger partial charge in [-0.2, -0.15) is 0 Å². The molecule has 8 heteroatoms. The van der Waals surface area contributed by atoms with Gasteiger partial charge in [-0.25, -0.2) is 9.97 Å². The van der Waals surface area contributed by atoms with Crippen LogP contribution in [0, 0.1) is 5.92 Å². The number of nitrogens with one attached hydrogen (secondary N) is 2. The molecule has 2 aromatic rings. The van der Waals surface area contributed by atoms with E-state index in [1.807, 2.05) is 23.8 Å². The first kappa shape index (κ1) is 24.4. The molecule has 3 rings (SSSR count). The van der Waals surface area contributed by atoms with Crippen LogP contribution in [0.5, 0.6) is 0 Å². The second kappa shape index (κ2) is 11.6. The molecular weight excluding hydrogens is 404 g/mol. The minimum atomic E-state index is -0.842. The van der Waals surface area contributed by atoms with Gasteiger partial charge in [0.05, 0.1) is 17.5 Å².